The van der Waals surface area contributed by atoms with Crippen LogP contribution in [0.25, 0.3) is 0 Å². The van der Waals surface area contributed by atoms with E-state index in [9.17, 15) is 13.2 Å². The molecule has 0 unspecified atom stereocenters. The first-order valence-corrected chi connectivity index (χ1v) is 9.46. The van der Waals surface area contributed by atoms with Crippen molar-refractivity contribution >= 4 is 11.6 Å². The SMILES string of the molecule is CCOc1cccc(N(C)c2ncc(C(F)(F)F)c(OC3CCCCC3)n2)c1. The van der Waals surface area contributed by atoms with Crippen LogP contribution in [-0.2, 0) is 6.18 Å². The molecule has 0 bridgehead atoms. The Hall–Kier alpha value is -2.51. The van der Waals surface area contributed by atoms with Gasteiger partial charge in [-0.25, -0.2) is 4.98 Å². The summed E-state index contributed by atoms with van der Waals surface area (Å²) < 4.78 is 51.4. The molecule has 8 heteroatoms. The van der Waals surface area contributed by atoms with Gasteiger partial charge in [-0.3, -0.25) is 0 Å². The van der Waals surface area contributed by atoms with Crippen molar-refractivity contribution in [3.8, 4) is 11.6 Å². The maximum atomic E-state index is 13.4. The van der Waals surface area contributed by atoms with Gasteiger partial charge in [0.2, 0.25) is 11.8 Å². The van der Waals surface area contributed by atoms with E-state index < -0.39 is 17.6 Å². The van der Waals surface area contributed by atoms with Gasteiger partial charge in [0.1, 0.15) is 17.4 Å². The van der Waals surface area contributed by atoms with Crippen molar-refractivity contribution < 1.29 is 22.6 Å². The number of aromatic nitrogens is 2. The topological polar surface area (TPSA) is 47.5 Å². The van der Waals surface area contributed by atoms with Crippen LogP contribution in [0.3, 0.4) is 0 Å². The lowest BCUT2D eigenvalue weighted by atomic mass is 9.98. The first-order chi connectivity index (χ1) is 13.4. The second kappa shape index (κ2) is 8.67. The molecule has 0 N–H and O–H groups in total. The minimum atomic E-state index is -4.57. The number of ether oxygens (including phenoxy) is 2. The van der Waals surface area contributed by atoms with E-state index in [0.717, 1.165) is 38.3 Å². The van der Waals surface area contributed by atoms with Crippen molar-refractivity contribution in [3.05, 3.63) is 36.0 Å². The van der Waals surface area contributed by atoms with E-state index >= 15 is 0 Å². The van der Waals surface area contributed by atoms with Crippen molar-refractivity contribution in [1.29, 1.82) is 0 Å². The number of hydrogen-bond acceptors (Lipinski definition) is 5. The summed E-state index contributed by atoms with van der Waals surface area (Å²) in [6, 6.07) is 7.21. The normalized spacial score (nSPS) is 15.3. The zero-order chi connectivity index (χ0) is 20.1. The average Bonchev–Trinajstić information content (AvgIpc) is 2.68. The van der Waals surface area contributed by atoms with E-state index in [1.54, 1.807) is 24.1 Å². The van der Waals surface area contributed by atoms with Crippen molar-refractivity contribution in [2.75, 3.05) is 18.6 Å². The Morgan fingerprint density at radius 1 is 1.18 bits per heavy atom. The van der Waals surface area contributed by atoms with E-state index in [2.05, 4.69) is 9.97 Å². The van der Waals surface area contributed by atoms with Gasteiger partial charge in [0, 0.05) is 25.0 Å². The minimum Gasteiger partial charge on any atom is -0.494 e. The number of alkyl halides is 3. The summed E-state index contributed by atoms with van der Waals surface area (Å²) in [6.45, 7) is 2.40. The minimum absolute atomic E-state index is 0.132. The van der Waals surface area contributed by atoms with Crippen LogP contribution in [0.2, 0.25) is 0 Å². The molecule has 0 radical (unpaired) electrons. The molecule has 0 saturated heterocycles. The molecule has 2 aromatic rings. The van der Waals surface area contributed by atoms with Crippen molar-refractivity contribution in [2.24, 2.45) is 0 Å². The highest BCUT2D eigenvalue weighted by Crippen LogP contribution is 2.37. The Morgan fingerprint density at radius 3 is 2.61 bits per heavy atom. The Bertz CT molecular complexity index is 793. The third-order valence-corrected chi connectivity index (χ3v) is 4.69. The lowest BCUT2D eigenvalue weighted by molar-refractivity contribution is -0.140. The van der Waals surface area contributed by atoms with Crippen LogP contribution in [0.5, 0.6) is 11.6 Å². The fourth-order valence-corrected chi connectivity index (χ4v) is 3.21. The first kappa shape index (κ1) is 20.2. The van der Waals surface area contributed by atoms with Crippen LogP contribution in [0.4, 0.5) is 24.8 Å². The van der Waals surface area contributed by atoms with Crippen LogP contribution in [0.1, 0.15) is 44.6 Å². The van der Waals surface area contributed by atoms with E-state index in [1.165, 1.54) is 0 Å². The fraction of sp³-hybridized carbons (Fsp3) is 0.500. The summed E-state index contributed by atoms with van der Waals surface area (Å²) in [6.07, 6.45) is 0.442. The summed E-state index contributed by atoms with van der Waals surface area (Å²) in [5.74, 6) is 0.391. The smallest absolute Gasteiger partial charge is 0.423 e. The predicted octanol–water partition coefficient (Wildman–Crippen LogP) is 5.37. The van der Waals surface area contributed by atoms with Gasteiger partial charge in [-0.1, -0.05) is 12.5 Å². The molecule has 1 fully saturated rings. The zero-order valence-corrected chi connectivity index (χ0v) is 16.0. The van der Waals surface area contributed by atoms with Crippen LogP contribution in [0, 0.1) is 0 Å². The third kappa shape index (κ3) is 4.85. The predicted molar refractivity (Wildman–Crippen MR) is 100 cm³/mol. The Labute approximate surface area is 162 Å². The molecule has 1 aliphatic rings. The first-order valence-electron chi connectivity index (χ1n) is 9.46. The molecular formula is C20H24F3N3O2. The van der Waals surface area contributed by atoms with Gasteiger partial charge in [0.15, 0.2) is 0 Å². The highest BCUT2D eigenvalue weighted by atomic mass is 19.4. The average molecular weight is 395 g/mol. The van der Waals surface area contributed by atoms with Crippen molar-refractivity contribution in [3.63, 3.8) is 0 Å². The molecule has 0 aliphatic heterocycles. The van der Waals surface area contributed by atoms with E-state index in [1.807, 2.05) is 19.1 Å². The van der Waals surface area contributed by atoms with Gasteiger partial charge < -0.3 is 14.4 Å². The van der Waals surface area contributed by atoms with Gasteiger partial charge in [0.05, 0.1) is 6.61 Å². The van der Waals surface area contributed by atoms with Crippen LogP contribution in [0.15, 0.2) is 30.5 Å². The van der Waals surface area contributed by atoms with E-state index in [4.69, 9.17) is 9.47 Å². The molecule has 152 valence electrons. The highest BCUT2D eigenvalue weighted by molar-refractivity contribution is 5.59. The molecule has 1 heterocycles. The van der Waals surface area contributed by atoms with Gasteiger partial charge in [-0.15, -0.1) is 0 Å². The van der Waals surface area contributed by atoms with Crippen LogP contribution >= 0.6 is 0 Å². The molecule has 5 nitrogen and oxygen atoms in total. The summed E-state index contributed by atoms with van der Waals surface area (Å²) in [5.41, 5.74) is -0.243. The summed E-state index contributed by atoms with van der Waals surface area (Å²) in [4.78, 5) is 9.65. The monoisotopic (exact) mass is 395 g/mol. The maximum Gasteiger partial charge on any atom is 0.423 e. The Morgan fingerprint density at radius 2 is 1.93 bits per heavy atom. The second-order valence-corrected chi connectivity index (χ2v) is 6.75. The number of rotatable bonds is 6. The standard InChI is InChI=1S/C20H24F3N3O2/c1-3-27-16-11-7-8-14(12-16)26(2)19-24-13-17(20(21,22)23)18(25-19)28-15-9-5-4-6-10-15/h7-8,11-13,15H,3-6,9-10H2,1-2H3. The molecule has 1 aliphatic carbocycles. The maximum absolute atomic E-state index is 13.4. The van der Waals surface area contributed by atoms with Crippen molar-refractivity contribution in [2.45, 2.75) is 51.3 Å². The number of benzene rings is 1. The second-order valence-electron chi connectivity index (χ2n) is 6.75. The van der Waals surface area contributed by atoms with Gasteiger partial charge in [0.25, 0.3) is 0 Å². The van der Waals surface area contributed by atoms with Crippen molar-refractivity contribution in [1.82, 2.24) is 9.97 Å². The highest BCUT2D eigenvalue weighted by Gasteiger charge is 2.37. The third-order valence-electron chi connectivity index (χ3n) is 4.69. The summed E-state index contributed by atoms with van der Waals surface area (Å²) >= 11 is 0. The molecule has 0 atom stereocenters. The molecule has 1 saturated carbocycles. The number of nitrogens with zero attached hydrogens (tertiary/aromatic N) is 3. The van der Waals surface area contributed by atoms with E-state index in [-0.39, 0.29) is 12.1 Å². The number of anilines is 2. The largest absolute Gasteiger partial charge is 0.494 e. The number of halogens is 3. The molecule has 28 heavy (non-hydrogen) atoms. The van der Waals surface area contributed by atoms with Gasteiger partial charge in [-0.05, 0) is 44.7 Å². The van der Waals surface area contributed by atoms with Gasteiger partial charge in [-0.2, -0.15) is 18.2 Å². The lowest BCUT2D eigenvalue weighted by Crippen LogP contribution is -2.23. The lowest BCUT2D eigenvalue weighted by Gasteiger charge is -2.25. The molecule has 0 spiro atoms. The quantitative estimate of drug-likeness (QED) is 0.658. The molecular weight excluding hydrogens is 371 g/mol. The summed E-state index contributed by atoms with van der Waals surface area (Å²) in [7, 11) is 1.69. The Balaban J connectivity index is 1.90. The van der Waals surface area contributed by atoms with E-state index in [0.29, 0.717) is 18.0 Å². The number of hydrogen-bond donors (Lipinski definition) is 0. The fourth-order valence-electron chi connectivity index (χ4n) is 3.21. The molecule has 3 rings (SSSR count). The summed E-state index contributed by atoms with van der Waals surface area (Å²) in [5, 5.41) is 0. The van der Waals surface area contributed by atoms with Gasteiger partial charge >= 0.3 is 6.18 Å². The van der Waals surface area contributed by atoms with Crippen LogP contribution < -0.4 is 14.4 Å². The van der Waals surface area contributed by atoms with Crippen LogP contribution in [-0.4, -0.2) is 29.7 Å². The molecule has 1 aromatic carbocycles. The zero-order valence-electron chi connectivity index (χ0n) is 16.0. The molecule has 0 amide bonds. The Kier molecular flexibility index (Phi) is 6.26. The molecule has 1 aromatic heterocycles.